The second-order valence-electron chi connectivity index (χ2n) is 4.45. The van der Waals surface area contributed by atoms with Crippen molar-refractivity contribution in [2.75, 3.05) is 11.9 Å². The Balaban J connectivity index is 1.55. The number of nitrogens with zero attached hydrogens (tertiary/aromatic N) is 4. The number of rotatable bonds is 5. The Hall–Kier alpha value is -2.96. The summed E-state index contributed by atoms with van der Waals surface area (Å²) in [5.74, 6) is 0.423. The summed E-state index contributed by atoms with van der Waals surface area (Å²) in [6, 6.07) is 9.75. The zero-order chi connectivity index (χ0) is 14.5. The van der Waals surface area contributed by atoms with Crippen molar-refractivity contribution in [3.05, 3.63) is 54.6 Å². The molecule has 0 fully saturated rings. The molecule has 0 saturated heterocycles. The Bertz CT molecular complexity index is 739. The number of carbonyl (C=O) groups excluding carboxylic acids is 1. The second-order valence-corrected chi connectivity index (χ2v) is 4.45. The summed E-state index contributed by atoms with van der Waals surface area (Å²) in [4.78, 5) is 16.0. The first-order valence-electron chi connectivity index (χ1n) is 6.52. The van der Waals surface area contributed by atoms with Crippen LogP contribution in [0.5, 0.6) is 0 Å². The van der Waals surface area contributed by atoms with Crippen LogP contribution < -0.4 is 10.6 Å². The average Bonchev–Trinajstić information content (AvgIpc) is 3.01. The van der Waals surface area contributed by atoms with E-state index in [1.54, 1.807) is 23.1 Å². The van der Waals surface area contributed by atoms with Gasteiger partial charge in [0.15, 0.2) is 5.82 Å². The number of anilines is 1. The molecule has 0 atom stereocenters. The Morgan fingerprint density at radius 2 is 2.10 bits per heavy atom. The largest absolute Gasteiger partial charge is 0.358 e. The Morgan fingerprint density at radius 1 is 1.24 bits per heavy atom. The summed E-state index contributed by atoms with van der Waals surface area (Å²) in [6.45, 7) is 0.635. The van der Waals surface area contributed by atoms with Crippen LogP contribution in [0.1, 0.15) is 5.56 Å². The van der Waals surface area contributed by atoms with Gasteiger partial charge in [-0.25, -0.2) is 4.98 Å². The predicted octanol–water partition coefficient (Wildman–Crippen LogP) is 0.853. The van der Waals surface area contributed by atoms with E-state index < -0.39 is 0 Å². The molecule has 106 valence electrons. The number of aromatic nitrogens is 4. The van der Waals surface area contributed by atoms with Gasteiger partial charge < -0.3 is 10.6 Å². The molecular formula is C14H14N6O. The van der Waals surface area contributed by atoms with Crippen molar-refractivity contribution < 1.29 is 4.79 Å². The highest BCUT2D eigenvalue weighted by Crippen LogP contribution is 2.08. The fraction of sp³-hybridized carbons (Fsp3) is 0.143. The van der Waals surface area contributed by atoms with Crippen molar-refractivity contribution in [2.45, 2.75) is 6.54 Å². The minimum Gasteiger partial charge on any atom is -0.358 e. The first-order chi connectivity index (χ1) is 10.3. The molecule has 1 aromatic carbocycles. The topological polar surface area (TPSA) is 84.2 Å². The molecule has 2 heterocycles. The zero-order valence-corrected chi connectivity index (χ0v) is 11.2. The van der Waals surface area contributed by atoms with Gasteiger partial charge in [0, 0.05) is 18.9 Å². The van der Waals surface area contributed by atoms with Crippen LogP contribution in [-0.4, -0.2) is 32.0 Å². The van der Waals surface area contributed by atoms with E-state index in [1.165, 1.54) is 0 Å². The third-order valence-electron chi connectivity index (χ3n) is 2.96. The molecule has 0 saturated carbocycles. The lowest BCUT2D eigenvalue weighted by molar-refractivity contribution is -0.119. The highest BCUT2D eigenvalue weighted by atomic mass is 16.1. The number of carbonyl (C=O) groups is 1. The monoisotopic (exact) mass is 282 g/mol. The molecule has 0 aliphatic carbocycles. The smallest absolute Gasteiger partial charge is 0.239 e. The summed E-state index contributed by atoms with van der Waals surface area (Å²) in [7, 11) is 0. The Morgan fingerprint density at radius 3 is 2.95 bits per heavy atom. The quantitative estimate of drug-likeness (QED) is 0.725. The number of amides is 1. The van der Waals surface area contributed by atoms with Crippen LogP contribution in [0.2, 0.25) is 0 Å². The predicted molar refractivity (Wildman–Crippen MR) is 77.6 cm³/mol. The summed E-state index contributed by atoms with van der Waals surface area (Å²) < 4.78 is 1.73. The van der Waals surface area contributed by atoms with E-state index >= 15 is 0 Å². The molecule has 2 aromatic heterocycles. The zero-order valence-electron chi connectivity index (χ0n) is 11.2. The van der Waals surface area contributed by atoms with Crippen LogP contribution in [0.3, 0.4) is 0 Å². The van der Waals surface area contributed by atoms with Gasteiger partial charge in [-0.2, -0.15) is 0 Å². The highest BCUT2D eigenvalue weighted by Gasteiger charge is 2.06. The fourth-order valence-electron chi connectivity index (χ4n) is 1.91. The summed E-state index contributed by atoms with van der Waals surface area (Å²) >= 11 is 0. The molecule has 1 amide bonds. The van der Waals surface area contributed by atoms with Gasteiger partial charge in [0.1, 0.15) is 6.33 Å². The van der Waals surface area contributed by atoms with Crippen molar-refractivity contribution >= 4 is 17.4 Å². The van der Waals surface area contributed by atoms with E-state index in [2.05, 4.69) is 25.8 Å². The van der Waals surface area contributed by atoms with Crippen molar-refractivity contribution in [2.24, 2.45) is 0 Å². The maximum atomic E-state index is 11.8. The molecule has 2 N–H and O–H groups in total. The molecule has 21 heavy (non-hydrogen) atoms. The fourth-order valence-corrected chi connectivity index (χ4v) is 1.91. The van der Waals surface area contributed by atoms with Crippen molar-refractivity contribution in [1.82, 2.24) is 24.9 Å². The maximum absolute atomic E-state index is 11.8. The van der Waals surface area contributed by atoms with Crippen LogP contribution in [0.25, 0.3) is 5.65 Å². The summed E-state index contributed by atoms with van der Waals surface area (Å²) in [5, 5.41) is 13.5. The number of hydrogen-bond donors (Lipinski definition) is 2. The Kier molecular flexibility index (Phi) is 3.72. The number of fused-ring (bicyclic) bond motifs is 1. The molecule has 0 unspecified atom stereocenters. The van der Waals surface area contributed by atoms with Crippen LogP contribution in [0.15, 0.2) is 49.1 Å². The van der Waals surface area contributed by atoms with Crippen LogP contribution >= 0.6 is 0 Å². The van der Waals surface area contributed by atoms with Crippen LogP contribution in [-0.2, 0) is 11.3 Å². The van der Waals surface area contributed by atoms with E-state index in [9.17, 15) is 4.79 Å². The molecular weight excluding hydrogens is 268 g/mol. The number of nitrogens with one attached hydrogen (secondary N) is 2. The molecule has 0 spiro atoms. The average molecular weight is 282 g/mol. The third kappa shape index (κ3) is 3.14. The van der Waals surface area contributed by atoms with Gasteiger partial charge in [0.2, 0.25) is 11.6 Å². The van der Waals surface area contributed by atoms with E-state index in [0.29, 0.717) is 18.0 Å². The first kappa shape index (κ1) is 13.0. The van der Waals surface area contributed by atoms with Crippen molar-refractivity contribution in [1.29, 1.82) is 0 Å². The molecule has 0 aliphatic rings. The summed E-state index contributed by atoms with van der Waals surface area (Å²) in [5.41, 5.74) is 1.65. The van der Waals surface area contributed by atoms with Crippen LogP contribution in [0, 0.1) is 0 Å². The SMILES string of the molecule is O=C(CNc1nccn2cnnc12)NCc1ccccc1. The first-order valence-corrected chi connectivity index (χ1v) is 6.52. The van der Waals surface area contributed by atoms with Gasteiger partial charge in [0.05, 0.1) is 6.54 Å². The van der Waals surface area contributed by atoms with Crippen molar-refractivity contribution in [3.8, 4) is 0 Å². The number of benzene rings is 1. The van der Waals surface area contributed by atoms with Crippen LogP contribution in [0.4, 0.5) is 5.82 Å². The molecule has 0 bridgehead atoms. The molecule has 0 aliphatic heterocycles. The standard InChI is InChI=1S/C14H14N6O/c21-12(16-8-11-4-2-1-3-5-11)9-17-13-14-19-18-10-20(14)7-6-15-13/h1-7,10H,8-9H2,(H,15,17)(H,16,21). The third-order valence-corrected chi connectivity index (χ3v) is 2.96. The van der Waals surface area contributed by atoms with Gasteiger partial charge in [-0.05, 0) is 5.56 Å². The molecule has 7 heteroatoms. The molecule has 0 radical (unpaired) electrons. The lowest BCUT2D eigenvalue weighted by Crippen LogP contribution is -2.29. The van der Waals surface area contributed by atoms with Gasteiger partial charge in [-0.1, -0.05) is 30.3 Å². The minimum absolute atomic E-state index is 0.109. The van der Waals surface area contributed by atoms with E-state index in [1.807, 2.05) is 30.3 Å². The van der Waals surface area contributed by atoms with E-state index in [4.69, 9.17) is 0 Å². The maximum Gasteiger partial charge on any atom is 0.239 e. The summed E-state index contributed by atoms with van der Waals surface area (Å²) in [6.07, 6.45) is 4.95. The van der Waals surface area contributed by atoms with E-state index in [-0.39, 0.29) is 12.5 Å². The Labute approximate surface area is 121 Å². The lowest BCUT2D eigenvalue weighted by atomic mass is 10.2. The van der Waals surface area contributed by atoms with Gasteiger partial charge in [0.25, 0.3) is 0 Å². The molecule has 3 rings (SSSR count). The lowest BCUT2D eigenvalue weighted by Gasteiger charge is -2.07. The second kappa shape index (κ2) is 6.00. The molecule has 7 nitrogen and oxygen atoms in total. The van der Waals surface area contributed by atoms with Gasteiger partial charge in [-0.15, -0.1) is 10.2 Å². The van der Waals surface area contributed by atoms with Gasteiger partial charge in [-0.3, -0.25) is 9.20 Å². The minimum atomic E-state index is -0.109. The molecule has 3 aromatic rings. The highest BCUT2D eigenvalue weighted by molar-refractivity contribution is 5.81. The van der Waals surface area contributed by atoms with E-state index in [0.717, 1.165) is 5.56 Å². The van der Waals surface area contributed by atoms with Crippen molar-refractivity contribution in [3.63, 3.8) is 0 Å². The normalized spacial score (nSPS) is 10.5. The number of hydrogen-bond acceptors (Lipinski definition) is 5. The van der Waals surface area contributed by atoms with Gasteiger partial charge >= 0.3 is 0 Å².